The second-order valence-corrected chi connectivity index (χ2v) is 4.56. The largest absolute Gasteiger partial charge is 0.305 e. The molecular weight excluding hydrogens is 232 g/mol. The molecule has 0 radical (unpaired) electrons. The van der Waals surface area contributed by atoms with E-state index in [1.807, 2.05) is 24.6 Å². The van der Waals surface area contributed by atoms with E-state index in [-0.39, 0.29) is 6.04 Å². The topological polar surface area (TPSA) is 50.7 Å². The van der Waals surface area contributed by atoms with Crippen molar-refractivity contribution in [3.05, 3.63) is 40.7 Å². The monoisotopic (exact) mass is 248 g/mol. The average Bonchev–Trinajstić information content (AvgIpc) is 2.85. The Labute approximate surface area is 105 Å². The summed E-state index contributed by atoms with van der Waals surface area (Å²) >= 11 is 1.38. The molecule has 0 saturated carbocycles. The van der Waals surface area contributed by atoms with Crippen LogP contribution in [0.15, 0.2) is 23.7 Å². The Balaban J connectivity index is 2.23. The molecule has 1 N–H and O–H groups in total. The van der Waals surface area contributed by atoms with Gasteiger partial charge in [0.1, 0.15) is 0 Å². The van der Waals surface area contributed by atoms with Crippen molar-refractivity contribution in [2.75, 3.05) is 6.54 Å². The lowest BCUT2D eigenvalue weighted by atomic mass is 10.1. The van der Waals surface area contributed by atoms with Crippen molar-refractivity contribution < 1.29 is 0 Å². The van der Waals surface area contributed by atoms with Gasteiger partial charge in [0, 0.05) is 17.3 Å². The van der Waals surface area contributed by atoms with Crippen molar-refractivity contribution in [1.29, 1.82) is 0 Å². The van der Waals surface area contributed by atoms with Crippen LogP contribution in [-0.4, -0.2) is 21.1 Å². The van der Waals surface area contributed by atoms with E-state index in [2.05, 4.69) is 32.9 Å². The van der Waals surface area contributed by atoms with E-state index in [4.69, 9.17) is 0 Å². The minimum absolute atomic E-state index is 0.0989. The van der Waals surface area contributed by atoms with Gasteiger partial charge >= 0.3 is 0 Å². The van der Waals surface area contributed by atoms with Crippen molar-refractivity contribution in [2.24, 2.45) is 0 Å². The van der Waals surface area contributed by atoms with Gasteiger partial charge in [-0.05, 0) is 43.1 Å². The molecule has 0 bridgehead atoms. The third-order valence-electron chi connectivity index (χ3n) is 2.54. The predicted molar refractivity (Wildman–Crippen MR) is 69.0 cm³/mol. The number of nitrogens with zero attached hydrogens (tertiary/aromatic N) is 3. The van der Waals surface area contributed by atoms with E-state index < -0.39 is 0 Å². The third-order valence-corrected chi connectivity index (χ3v) is 3.06. The van der Waals surface area contributed by atoms with E-state index in [1.165, 1.54) is 11.5 Å². The maximum atomic E-state index is 4.33. The number of hydrogen-bond acceptors (Lipinski definition) is 5. The van der Waals surface area contributed by atoms with Gasteiger partial charge in [-0.3, -0.25) is 4.98 Å². The minimum Gasteiger partial charge on any atom is -0.305 e. The van der Waals surface area contributed by atoms with Crippen LogP contribution in [0.3, 0.4) is 0 Å². The van der Waals surface area contributed by atoms with Crippen molar-refractivity contribution in [3.8, 4) is 0 Å². The number of hydrogen-bond donors (Lipinski definition) is 1. The molecule has 2 rings (SSSR count). The highest BCUT2D eigenvalue weighted by molar-refractivity contribution is 7.03. The van der Waals surface area contributed by atoms with Gasteiger partial charge in [0.2, 0.25) is 0 Å². The molecule has 17 heavy (non-hydrogen) atoms. The molecule has 1 atom stereocenters. The molecule has 2 heterocycles. The first-order valence-electron chi connectivity index (χ1n) is 5.74. The number of pyridine rings is 1. The second-order valence-electron chi connectivity index (χ2n) is 3.95. The first-order chi connectivity index (χ1) is 8.31. The Kier molecular flexibility index (Phi) is 4.17. The fourth-order valence-corrected chi connectivity index (χ4v) is 2.11. The molecule has 2 aromatic rings. The van der Waals surface area contributed by atoms with Crippen LogP contribution < -0.4 is 5.32 Å². The van der Waals surface area contributed by atoms with Crippen molar-refractivity contribution in [3.63, 3.8) is 0 Å². The van der Waals surface area contributed by atoms with Crippen LogP contribution in [0.2, 0.25) is 0 Å². The molecule has 0 aliphatic rings. The summed E-state index contributed by atoms with van der Waals surface area (Å²) in [6.45, 7) is 5.09. The molecule has 0 aromatic carbocycles. The Morgan fingerprint density at radius 1 is 1.41 bits per heavy atom. The Hall–Kier alpha value is -1.33. The van der Waals surface area contributed by atoms with Crippen LogP contribution in [0, 0.1) is 6.92 Å². The molecule has 0 spiro atoms. The summed E-state index contributed by atoms with van der Waals surface area (Å²) in [5.41, 5.74) is 3.13. The van der Waals surface area contributed by atoms with Crippen molar-refractivity contribution in [2.45, 2.75) is 26.3 Å². The molecule has 4 nitrogen and oxygen atoms in total. The van der Waals surface area contributed by atoms with Gasteiger partial charge in [0.15, 0.2) is 0 Å². The van der Waals surface area contributed by atoms with Gasteiger partial charge in [-0.25, -0.2) is 0 Å². The summed E-state index contributed by atoms with van der Waals surface area (Å²) in [5, 5.41) is 9.60. The molecule has 0 fully saturated rings. The van der Waals surface area contributed by atoms with E-state index in [0.29, 0.717) is 0 Å². The van der Waals surface area contributed by atoms with Crippen molar-refractivity contribution >= 4 is 11.5 Å². The maximum absolute atomic E-state index is 4.33. The van der Waals surface area contributed by atoms with Gasteiger partial charge in [-0.1, -0.05) is 17.5 Å². The molecule has 0 amide bonds. The number of aryl methyl sites for hydroxylation is 1. The Morgan fingerprint density at radius 2 is 2.29 bits per heavy atom. The molecule has 90 valence electrons. The highest BCUT2D eigenvalue weighted by atomic mass is 32.1. The van der Waals surface area contributed by atoms with Gasteiger partial charge < -0.3 is 5.32 Å². The number of aromatic nitrogens is 3. The van der Waals surface area contributed by atoms with Crippen LogP contribution in [0.5, 0.6) is 0 Å². The molecule has 0 saturated heterocycles. The summed E-state index contributed by atoms with van der Waals surface area (Å²) < 4.78 is 3.93. The van der Waals surface area contributed by atoms with Gasteiger partial charge in [0.25, 0.3) is 0 Å². The standard InChI is InChI=1S/C12H16N4S/c1-3-6-13-12(11-8-17-16-15-11)10-5-4-9(2)14-7-10/h4-5,7-8,12-13H,3,6H2,1-2H3. The van der Waals surface area contributed by atoms with Crippen LogP contribution in [0.4, 0.5) is 0 Å². The van der Waals surface area contributed by atoms with E-state index in [9.17, 15) is 0 Å². The summed E-state index contributed by atoms with van der Waals surface area (Å²) in [4.78, 5) is 4.33. The predicted octanol–water partition coefficient (Wildman–Crippen LogP) is 2.33. The van der Waals surface area contributed by atoms with E-state index >= 15 is 0 Å². The normalized spacial score (nSPS) is 12.6. The van der Waals surface area contributed by atoms with Crippen LogP contribution >= 0.6 is 11.5 Å². The lowest BCUT2D eigenvalue weighted by molar-refractivity contribution is 0.583. The number of nitrogens with one attached hydrogen (secondary N) is 1. The highest BCUT2D eigenvalue weighted by Gasteiger charge is 2.15. The zero-order chi connectivity index (χ0) is 12.1. The van der Waals surface area contributed by atoms with E-state index in [0.717, 1.165) is 29.9 Å². The Morgan fingerprint density at radius 3 is 2.88 bits per heavy atom. The third kappa shape index (κ3) is 3.08. The highest BCUT2D eigenvalue weighted by Crippen LogP contribution is 2.20. The van der Waals surface area contributed by atoms with Gasteiger partial charge in [-0.2, -0.15) is 0 Å². The SMILES string of the molecule is CCCNC(c1ccc(C)nc1)c1csnn1. The van der Waals surface area contributed by atoms with Crippen LogP contribution in [-0.2, 0) is 0 Å². The minimum atomic E-state index is 0.0989. The molecular formula is C12H16N4S. The molecule has 0 aliphatic heterocycles. The van der Waals surface area contributed by atoms with E-state index in [1.54, 1.807) is 0 Å². The molecule has 5 heteroatoms. The fourth-order valence-electron chi connectivity index (χ4n) is 1.63. The maximum Gasteiger partial charge on any atom is 0.0970 e. The lowest BCUT2D eigenvalue weighted by Crippen LogP contribution is -2.23. The zero-order valence-corrected chi connectivity index (χ0v) is 10.9. The summed E-state index contributed by atoms with van der Waals surface area (Å²) in [5.74, 6) is 0. The fraction of sp³-hybridized carbons (Fsp3) is 0.417. The summed E-state index contributed by atoms with van der Waals surface area (Å²) in [6.07, 6.45) is 3.00. The second kappa shape index (κ2) is 5.84. The molecule has 0 aliphatic carbocycles. The van der Waals surface area contributed by atoms with Crippen molar-refractivity contribution in [1.82, 2.24) is 19.9 Å². The quantitative estimate of drug-likeness (QED) is 0.882. The smallest absolute Gasteiger partial charge is 0.0970 e. The first-order valence-corrected chi connectivity index (χ1v) is 6.57. The van der Waals surface area contributed by atoms with Crippen LogP contribution in [0.1, 0.15) is 36.3 Å². The summed E-state index contributed by atoms with van der Waals surface area (Å²) in [7, 11) is 0. The zero-order valence-electron chi connectivity index (χ0n) is 10.1. The molecule has 2 aromatic heterocycles. The van der Waals surface area contributed by atoms with Crippen LogP contribution in [0.25, 0.3) is 0 Å². The Bertz CT molecular complexity index is 438. The van der Waals surface area contributed by atoms with Gasteiger partial charge in [-0.15, -0.1) is 5.10 Å². The lowest BCUT2D eigenvalue weighted by Gasteiger charge is -2.16. The summed E-state index contributed by atoms with van der Waals surface area (Å²) in [6, 6.07) is 4.21. The average molecular weight is 248 g/mol. The first kappa shape index (κ1) is 12.1. The van der Waals surface area contributed by atoms with Gasteiger partial charge in [0.05, 0.1) is 11.7 Å². The number of rotatable bonds is 5. The molecule has 1 unspecified atom stereocenters.